The van der Waals surface area contributed by atoms with Gasteiger partial charge in [-0.15, -0.1) is 0 Å². The number of aromatic nitrogens is 2. The van der Waals surface area contributed by atoms with E-state index >= 15 is 0 Å². The summed E-state index contributed by atoms with van der Waals surface area (Å²) in [7, 11) is 0. The molecule has 7 heteroatoms. The highest BCUT2D eigenvalue weighted by atomic mass is 16.5. The maximum absolute atomic E-state index is 11.4. The third-order valence-corrected chi connectivity index (χ3v) is 5.06. The molecule has 2 N–H and O–H groups in total. The number of fused-ring (bicyclic) bond motifs is 1. The molecule has 25 heavy (non-hydrogen) atoms. The second kappa shape index (κ2) is 7.11. The number of nitrogens with one attached hydrogen (secondary N) is 1. The van der Waals surface area contributed by atoms with Crippen LogP contribution in [-0.2, 0) is 17.8 Å². The van der Waals surface area contributed by atoms with Gasteiger partial charge in [0.15, 0.2) is 0 Å². The average Bonchev–Trinajstić information content (AvgIpc) is 3.24. The van der Waals surface area contributed by atoms with Crippen LogP contribution < -0.4 is 5.32 Å². The molecule has 0 bridgehead atoms. The molecule has 3 heterocycles. The van der Waals surface area contributed by atoms with Crippen molar-refractivity contribution in [2.24, 2.45) is 0 Å². The number of hydrogen-bond donors (Lipinski definition) is 2. The van der Waals surface area contributed by atoms with Crippen molar-refractivity contribution < 1.29 is 14.6 Å². The Morgan fingerprint density at radius 2 is 2.20 bits per heavy atom. The molecule has 2 aliphatic rings. The van der Waals surface area contributed by atoms with Gasteiger partial charge in [0.1, 0.15) is 5.82 Å². The van der Waals surface area contributed by atoms with Crippen LogP contribution in [0.25, 0.3) is 11.0 Å². The molecule has 1 unspecified atom stereocenters. The van der Waals surface area contributed by atoms with Crippen LogP contribution in [0.1, 0.15) is 29.0 Å². The SMILES string of the molecule is O=C(O)c1ccc2nc(CN3CCNCC3)n(CC3CCCO3)c2c1. The Morgan fingerprint density at radius 1 is 1.36 bits per heavy atom. The number of piperazine rings is 1. The van der Waals surface area contributed by atoms with Gasteiger partial charge in [0.05, 0.1) is 35.8 Å². The van der Waals surface area contributed by atoms with Gasteiger partial charge in [-0.3, -0.25) is 4.90 Å². The minimum absolute atomic E-state index is 0.188. The van der Waals surface area contributed by atoms with Crippen LogP contribution in [0.3, 0.4) is 0 Å². The number of nitrogens with zero attached hydrogens (tertiary/aromatic N) is 3. The molecule has 7 nitrogen and oxygen atoms in total. The summed E-state index contributed by atoms with van der Waals surface area (Å²) in [5, 5.41) is 12.7. The van der Waals surface area contributed by atoms with Crippen molar-refractivity contribution in [1.29, 1.82) is 0 Å². The van der Waals surface area contributed by atoms with E-state index in [0.717, 1.165) is 75.6 Å². The number of rotatable bonds is 5. The molecule has 134 valence electrons. The molecule has 1 aromatic carbocycles. The molecule has 4 rings (SSSR count). The van der Waals surface area contributed by atoms with Gasteiger partial charge in [-0.05, 0) is 31.0 Å². The van der Waals surface area contributed by atoms with Gasteiger partial charge in [-0.1, -0.05) is 0 Å². The standard InChI is InChI=1S/C18H24N4O3/c23-18(24)13-3-4-15-16(10-13)22(11-14-2-1-9-25-14)17(20-15)12-21-7-5-19-6-8-21/h3-4,10,14,19H,1-2,5-9,11-12H2,(H,23,24). The normalized spacial score (nSPS) is 21.8. The summed E-state index contributed by atoms with van der Waals surface area (Å²) in [5.41, 5.74) is 2.04. The van der Waals surface area contributed by atoms with Crippen LogP contribution in [0, 0.1) is 0 Å². The molecule has 2 aliphatic heterocycles. The highest BCUT2D eigenvalue weighted by Gasteiger charge is 2.22. The van der Waals surface area contributed by atoms with E-state index in [1.807, 2.05) is 6.07 Å². The molecule has 2 saturated heterocycles. The molecule has 2 fully saturated rings. The maximum Gasteiger partial charge on any atom is 0.335 e. The van der Waals surface area contributed by atoms with E-state index in [-0.39, 0.29) is 6.10 Å². The smallest absolute Gasteiger partial charge is 0.335 e. The Hall–Kier alpha value is -1.96. The second-order valence-corrected chi connectivity index (χ2v) is 6.81. The number of aromatic carboxylic acids is 1. The lowest BCUT2D eigenvalue weighted by atomic mass is 10.2. The van der Waals surface area contributed by atoms with Crippen LogP contribution in [0.5, 0.6) is 0 Å². The Balaban J connectivity index is 1.69. The van der Waals surface area contributed by atoms with Gasteiger partial charge in [-0.25, -0.2) is 9.78 Å². The number of imidazole rings is 1. The summed E-state index contributed by atoms with van der Waals surface area (Å²) < 4.78 is 7.98. The van der Waals surface area contributed by atoms with Crippen molar-refractivity contribution in [2.45, 2.75) is 32.0 Å². The van der Waals surface area contributed by atoms with Crippen LogP contribution in [0.2, 0.25) is 0 Å². The van der Waals surface area contributed by atoms with Gasteiger partial charge in [-0.2, -0.15) is 0 Å². The van der Waals surface area contributed by atoms with Gasteiger partial charge in [0.25, 0.3) is 0 Å². The van der Waals surface area contributed by atoms with Crippen molar-refractivity contribution >= 4 is 17.0 Å². The van der Waals surface area contributed by atoms with Crippen LogP contribution in [0.15, 0.2) is 18.2 Å². The van der Waals surface area contributed by atoms with Crippen molar-refractivity contribution in [1.82, 2.24) is 19.8 Å². The van der Waals surface area contributed by atoms with Crippen molar-refractivity contribution in [3.8, 4) is 0 Å². The molecule has 0 aliphatic carbocycles. The third kappa shape index (κ3) is 3.53. The molecule has 0 amide bonds. The highest BCUT2D eigenvalue weighted by molar-refractivity contribution is 5.92. The Bertz CT molecular complexity index is 761. The van der Waals surface area contributed by atoms with E-state index in [0.29, 0.717) is 5.56 Å². The first-order valence-corrected chi connectivity index (χ1v) is 8.98. The lowest BCUT2D eigenvalue weighted by Gasteiger charge is -2.27. The number of ether oxygens (including phenoxy) is 1. The van der Waals surface area contributed by atoms with Gasteiger partial charge in [0.2, 0.25) is 0 Å². The molecule has 0 saturated carbocycles. The number of carboxylic acid groups (broad SMARTS) is 1. The predicted molar refractivity (Wildman–Crippen MR) is 93.8 cm³/mol. The zero-order chi connectivity index (χ0) is 17.2. The molecule has 0 radical (unpaired) electrons. The average molecular weight is 344 g/mol. The lowest BCUT2D eigenvalue weighted by molar-refractivity contribution is 0.0697. The number of carboxylic acids is 1. The maximum atomic E-state index is 11.4. The van der Waals surface area contributed by atoms with E-state index in [2.05, 4.69) is 14.8 Å². The fourth-order valence-corrected chi connectivity index (χ4v) is 3.69. The summed E-state index contributed by atoms with van der Waals surface area (Å²) in [4.78, 5) is 18.5. The monoisotopic (exact) mass is 344 g/mol. The van der Waals surface area contributed by atoms with E-state index < -0.39 is 5.97 Å². The fourth-order valence-electron chi connectivity index (χ4n) is 3.69. The third-order valence-electron chi connectivity index (χ3n) is 5.06. The van der Waals surface area contributed by atoms with Crippen LogP contribution in [0.4, 0.5) is 0 Å². The van der Waals surface area contributed by atoms with E-state index in [4.69, 9.17) is 9.72 Å². The molecule has 2 aromatic rings. The van der Waals surface area contributed by atoms with Crippen LogP contribution >= 0.6 is 0 Å². The first-order chi connectivity index (χ1) is 12.2. The van der Waals surface area contributed by atoms with Crippen molar-refractivity contribution in [2.75, 3.05) is 32.8 Å². The minimum atomic E-state index is -0.907. The predicted octanol–water partition coefficient (Wildman–Crippen LogP) is 1.32. The highest BCUT2D eigenvalue weighted by Crippen LogP contribution is 2.23. The van der Waals surface area contributed by atoms with Gasteiger partial charge in [0, 0.05) is 32.8 Å². The van der Waals surface area contributed by atoms with Crippen molar-refractivity contribution in [3.05, 3.63) is 29.6 Å². The lowest BCUT2D eigenvalue weighted by Crippen LogP contribution is -2.43. The van der Waals surface area contributed by atoms with E-state index in [1.54, 1.807) is 12.1 Å². The molecular formula is C18H24N4O3. The molecular weight excluding hydrogens is 320 g/mol. The van der Waals surface area contributed by atoms with Gasteiger partial charge >= 0.3 is 5.97 Å². The summed E-state index contributed by atoms with van der Waals surface area (Å²) >= 11 is 0. The van der Waals surface area contributed by atoms with Gasteiger partial charge < -0.3 is 19.7 Å². The summed E-state index contributed by atoms with van der Waals surface area (Å²) in [6, 6.07) is 5.18. The molecule has 1 aromatic heterocycles. The van der Waals surface area contributed by atoms with Crippen molar-refractivity contribution in [3.63, 3.8) is 0 Å². The number of benzene rings is 1. The Morgan fingerprint density at radius 3 is 2.92 bits per heavy atom. The summed E-state index contributed by atoms with van der Waals surface area (Å²) in [6.45, 7) is 6.33. The number of hydrogen-bond acceptors (Lipinski definition) is 5. The van der Waals surface area contributed by atoms with Crippen LogP contribution in [-0.4, -0.2) is 64.4 Å². The second-order valence-electron chi connectivity index (χ2n) is 6.81. The minimum Gasteiger partial charge on any atom is -0.478 e. The number of carbonyl (C=O) groups is 1. The fraction of sp³-hybridized carbons (Fsp3) is 0.556. The summed E-state index contributed by atoms with van der Waals surface area (Å²) in [6.07, 6.45) is 2.32. The quantitative estimate of drug-likeness (QED) is 0.852. The zero-order valence-electron chi connectivity index (χ0n) is 14.3. The van der Waals surface area contributed by atoms with E-state index in [9.17, 15) is 9.90 Å². The Labute approximate surface area is 146 Å². The largest absolute Gasteiger partial charge is 0.478 e. The summed E-state index contributed by atoms with van der Waals surface area (Å²) in [5.74, 6) is 0.0883. The molecule has 0 spiro atoms. The topological polar surface area (TPSA) is 79.6 Å². The Kier molecular flexibility index (Phi) is 4.70. The van der Waals surface area contributed by atoms with E-state index in [1.165, 1.54) is 0 Å². The first kappa shape index (κ1) is 16.5. The zero-order valence-corrected chi connectivity index (χ0v) is 14.3. The molecule has 1 atom stereocenters. The first-order valence-electron chi connectivity index (χ1n) is 8.98.